The highest BCUT2D eigenvalue weighted by Gasteiger charge is 2.42. The van der Waals surface area contributed by atoms with Crippen molar-refractivity contribution >= 4 is 50.3 Å². The number of ketones is 1. The zero-order valence-corrected chi connectivity index (χ0v) is 40.2. The number of hydrogen-bond acceptors (Lipinski definition) is 4. The summed E-state index contributed by atoms with van der Waals surface area (Å²) in [6.07, 6.45) is 17.5. The van der Waals surface area contributed by atoms with Crippen LogP contribution in [0.4, 0.5) is 11.4 Å². The van der Waals surface area contributed by atoms with Crippen molar-refractivity contribution in [2.75, 3.05) is 32.1 Å². The maximum atomic E-state index is 12.2. The quantitative estimate of drug-likeness (QED) is 0.0285. The van der Waals surface area contributed by atoms with Gasteiger partial charge in [0.25, 0.3) is 0 Å². The standard InChI is InChI=1S/C59H68N4O2/c1-40(2)54(64)28-15-12-11-14-23-45-44-24-18-19-25-46(44)49(39-60-35-22-36-61-57(65)41(3)4)47-33-31-42(37-48(45)47)43-32-34-53-51(38-43)59(7,8)56(63(53)10)30-17-13-16-29-55-58(5,6)50-26-20-21-27-52(50)62(55)9/h13,16-21,24-27,29-34,37-38,60H,1,3,11-12,14-15,22-23,28,35-36,39H2,2,4-10H3/p+1. The summed E-state index contributed by atoms with van der Waals surface area (Å²) in [5.41, 5.74) is 13.8. The molecule has 2 N–H and O–H groups in total. The molecular weight excluding hydrogens is 797 g/mol. The fourth-order valence-corrected chi connectivity index (χ4v) is 10.1. The van der Waals surface area contributed by atoms with Gasteiger partial charge in [-0.15, -0.1) is 0 Å². The lowest BCUT2D eigenvalue weighted by molar-refractivity contribution is -0.401. The van der Waals surface area contributed by atoms with E-state index in [1.807, 2.05) is 0 Å². The number of carbonyl (C=O) groups is 2. The predicted molar refractivity (Wildman–Crippen MR) is 276 cm³/mol. The summed E-state index contributed by atoms with van der Waals surface area (Å²) in [5.74, 6) is 0.0797. The fraction of sp³-hybridized carbons (Fsp3) is 0.339. The first kappa shape index (κ1) is 46.9. The van der Waals surface area contributed by atoms with E-state index in [0.29, 0.717) is 24.1 Å². The van der Waals surface area contributed by atoms with Crippen LogP contribution in [0.3, 0.4) is 0 Å². The molecule has 65 heavy (non-hydrogen) atoms. The molecule has 0 aliphatic carbocycles. The second kappa shape index (κ2) is 20.0. The maximum absolute atomic E-state index is 12.2. The Morgan fingerprint density at radius 1 is 0.692 bits per heavy atom. The van der Waals surface area contributed by atoms with E-state index in [2.05, 4.69) is 190 Å². The van der Waals surface area contributed by atoms with Crippen molar-refractivity contribution in [3.8, 4) is 11.1 Å². The number of Topliss-reactive ketones (excluding diaryl/α,β-unsaturated/α-hetero) is 1. The monoisotopic (exact) mass is 866 g/mol. The lowest BCUT2D eigenvalue weighted by Crippen LogP contribution is -2.27. The van der Waals surface area contributed by atoms with Crippen LogP contribution in [0.25, 0.3) is 32.7 Å². The molecule has 6 heteroatoms. The number of allylic oxidation sites excluding steroid dienone is 7. The Morgan fingerprint density at radius 2 is 1.37 bits per heavy atom. The van der Waals surface area contributed by atoms with E-state index < -0.39 is 0 Å². The first-order valence-corrected chi connectivity index (χ1v) is 23.6. The second-order valence-electron chi connectivity index (χ2n) is 19.2. The molecule has 0 radical (unpaired) electrons. The van der Waals surface area contributed by atoms with Crippen molar-refractivity contribution in [2.45, 2.75) is 104 Å². The van der Waals surface area contributed by atoms with Gasteiger partial charge in [-0.05, 0) is 139 Å². The molecule has 5 aromatic rings. The third-order valence-electron chi connectivity index (χ3n) is 13.8. The van der Waals surface area contributed by atoms with Crippen LogP contribution in [0.5, 0.6) is 0 Å². The highest BCUT2D eigenvalue weighted by Crippen LogP contribution is 2.48. The summed E-state index contributed by atoms with van der Waals surface area (Å²) in [5, 5.41) is 11.8. The first-order chi connectivity index (χ1) is 31.1. The number of rotatable bonds is 19. The molecule has 2 heterocycles. The maximum Gasteiger partial charge on any atom is 0.246 e. The third kappa shape index (κ3) is 9.79. The molecule has 0 aromatic heterocycles. The van der Waals surface area contributed by atoms with Gasteiger partial charge in [-0.2, -0.15) is 4.58 Å². The molecule has 5 aromatic carbocycles. The van der Waals surface area contributed by atoms with E-state index in [1.165, 1.54) is 77.7 Å². The summed E-state index contributed by atoms with van der Waals surface area (Å²) < 4.78 is 2.31. The summed E-state index contributed by atoms with van der Waals surface area (Å²) in [6, 6.07) is 31.6. The van der Waals surface area contributed by atoms with Crippen LogP contribution in [0.15, 0.2) is 145 Å². The van der Waals surface area contributed by atoms with Gasteiger partial charge in [0.1, 0.15) is 7.05 Å². The van der Waals surface area contributed by atoms with Crippen molar-refractivity contribution in [2.24, 2.45) is 0 Å². The molecule has 1 amide bonds. The topological polar surface area (TPSA) is 64.5 Å². The SMILES string of the molecule is C=C(C)C(=O)CCCCCCc1c2ccccc2c(CNCCCNC(=O)C(=C)C)c2ccc(-c3ccc4c(c3)C(C)(C)/C(=C/C=C/C=C/C3=[N+](C)c5ccccc5C3(C)C)N4C)cc12. The molecule has 0 spiro atoms. The van der Waals surface area contributed by atoms with Gasteiger partial charge in [0.15, 0.2) is 11.5 Å². The van der Waals surface area contributed by atoms with Gasteiger partial charge in [0, 0.05) is 66.6 Å². The number of nitrogens with zero attached hydrogens (tertiary/aromatic N) is 2. The normalized spacial score (nSPS) is 15.8. The molecule has 6 nitrogen and oxygen atoms in total. The van der Waals surface area contributed by atoms with E-state index >= 15 is 0 Å². The van der Waals surface area contributed by atoms with Crippen LogP contribution in [-0.2, 0) is 33.4 Å². The number of nitrogens with one attached hydrogen (secondary N) is 2. The Bertz CT molecular complexity index is 2790. The van der Waals surface area contributed by atoms with Gasteiger partial charge < -0.3 is 15.5 Å². The smallest absolute Gasteiger partial charge is 0.246 e. The molecule has 2 aliphatic rings. The zero-order chi connectivity index (χ0) is 46.5. The number of aryl methyl sites for hydroxylation is 1. The lowest BCUT2D eigenvalue weighted by atomic mass is 9.81. The number of fused-ring (bicyclic) bond motifs is 4. The van der Waals surface area contributed by atoms with Crippen molar-refractivity contribution < 1.29 is 14.2 Å². The first-order valence-electron chi connectivity index (χ1n) is 23.6. The van der Waals surface area contributed by atoms with Crippen LogP contribution in [0, 0.1) is 0 Å². The molecule has 0 saturated carbocycles. The molecule has 0 bridgehead atoms. The molecule has 0 fully saturated rings. The van der Waals surface area contributed by atoms with E-state index in [1.54, 1.807) is 13.8 Å². The van der Waals surface area contributed by atoms with Crippen LogP contribution in [0.1, 0.15) is 102 Å². The van der Waals surface area contributed by atoms with Crippen molar-refractivity contribution in [1.82, 2.24) is 10.6 Å². The molecule has 336 valence electrons. The van der Waals surface area contributed by atoms with Crippen molar-refractivity contribution in [3.05, 3.63) is 168 Å². The Labute approximate surface area is 388 Å². The van der Waals surface area contributed by atoms with Crippen LogP contribution < -0.4 is 15.5 Å². The number of anilines is 1. The predicted octanol–water partition coefficient (Wildman–Crippen LogP) is 12.9. The minimum Gasteiger partial charge on any atom is -0.352 e. The lowest BCUT2D eigenvalue weighted by Gasteiger charge is -2.23. The highest BCUT2D eigenvalue weighted by atomic mass is 16.1. The molecule has 0 unspecified atom stereocenters. The van der Waals surface area contributed by atoms with Gasteiger partial charge >= 0.3 is 0 Å². The number of benzene rings is 5. The minimum atomic E-state index is -0.197. The van der Waals surface area contributed by atoms with Gasteiger partial charge in [-0.1, -0.05) is 119 Å². The Balaban J connectivity index is 1.16. The van der Waals surface area contributed by atoms with Crippen molar-refractivity contribution in [1.29, 1.82) is 0 Å². The number of unbranched alkanes of at least 4 members (excludes halogenated alkanes) is 3. The van der Waals surface area contributed by atoms with Crippen molar-refractivity contribution in [3.63, 3.8) is 0 Å². The highest BCUT2D eigenvalue weighted by molar-refractivity contribution is 6.07. The van der Waals surface area contributed by atoms with E-state index in [0.717, 1.165) is 51.6 Å². The van der Waals surface area contributed by atoms with Crippen LogP contribution in [-0.4, -0.2) is 49.2 Å². The average molecular weight is 866 g/mol. The third-order valence-corrected chi connectivity index (χ3v) is 13.8. The van der Waals surface area contributed by atoms with Crippen LogP contribution in [0.2, 0.25) is 0 Å². The number of hydrogen-bond donors (Lipinski definition) is 2. The Morgan fingerprint density at radius 3 is 2.11 bits per heavy atom. The number of carbonyl (C=O) groups excluding carboxylic acids is 2. The molecule has 7 rings (SSSR count). The molecule has 0 saturated heterocycles. The van der Waals surface area contributed by atoms with E-state index in [9.17, 15) is 9.59 Å². The van der Waals surface area contributed by atoms with Gasteiger partial charge in [-0.25, -0.2) is 0 Å². The Hall–Kier alpha value is -6.11. The average Bonchev–Trinajstić information content (AvgIpc) is 3.61. The second-order valence-corrected chi connectivity index (χ2v) is 19.2. The van der Waals surface area contributed by atoms with E-state index in [-0.39, 0.29) is 22.5 Å². The van der Waals surface area contributed by atoms with Crippen LogP contribution >= 0.6 is 0 Å². The Kier molecular flexibility index (Phi) is 14.4. The number of amides is 1. The molecule has 2 aliphatic heterocycles. The summed E-state index contributed by atoms with van der Waals surface area (Å²) >= 11 is 0. The molecule has 0 atom stereocenters. The summed E-state index contributed by atoms with van der Waals surface area (Å²) in [7, 11) is 4.35. The summed E-state index contributed by atoms with van der Waals surface area (Å²) in [4.78, 5) is 26.6. The summed E-state index contributed by atoms with van der Waals surface area (Å²) in [6.45, 7) is 22.5. The fourth-order valence-electron chi connectivity index (χ4n) is 10.1. The van der Waals surface area contributed by atoms with Gasteiger partial charge in [-0.3, -0.25) is 9.59 Å². The number of likely N-dealkylation sites (N-methyl/N-ethyl adjacent to an activating group) is 1. The van der Waals surface area contributed by atoms with Gasteiger partial charge in [0.2, 0.25) is 11.6 Å². The molecular formula is C59H69N4O2+. The zero-order valence-electron chi connectivity index (χ0n) is 40.2. The largest absolute Gasteiger partial charge is 0.352 e. The number of para-hydroxylation sites is 1. The minimum absolute atomic E-state index is 0.0536. The van der Waals surface area contributed by atoms with Gasteiger partial charge in [0.05, 0.1) is 5.41 Å². The van der Waals surface area contributed by atoms with E-state index in [4.69, 9.17) is 0 Å².